The van der Waals surface area contributed by atoms with Crippen molar-refractivity contribution < 1.29 is 4.79 Å². The van der Waals surface area contributed by atoms with Crippen molar-refractivity contribution in [2.24, 2.45) is 0 Å². The van der Waals surface area contributed by atoms with E-state index in [0.717, 1.165) is 24.5 Å². The van der Waals surface area contributed by atoms with Crippen molar-refractivity contribution in [1.29, 1.82) is 0 Å². The number of benzene rings is 1. The third-order valence-corrected chi connectivity index (χ3v) is 3.33. The summed E-state index contributed by atoms with van der Waals surface area (Å²) in [5.41, 5.74) is 1.17. The van der Waals surface area contributed by atoms with Crippen molar-refractivity contribution in [3.05, 3.63) is 34.9 Å². The fourth-order valence-corrected chi connectivity index (χ4v) is 2.49. The minimum absolute atomic E-state index is 0.201. The van der Waals surface area contributed by atoms with Crippen LogP contribution in [0.3, 0.4) is 0 Å². The molecule has 0 bridgehead atoms. The Hall–Kier alpha value is -0.670. The van der Waals surface area contributed by atoms with Crippen molar-refractivity contribution in [3.8, 4) is 0 Å². The van der Waals surface area contributed by atoms with Crippen LogP contribution >= 0.6 is 24.2 Å². The highest BCUT2D eigenvalue weighted by Crippen LogP contribution is 2.17. The molecule has 0 N–H and O–H groups in total. The molecule has 16 heavy (non-hydrogen) atoms. The zero-order valence-corrected chi connectivity index (χ0v) is 10.5. The molecule has 1 aliphatic rings. The van der Waals surface area contributed by atoms with Crippen LogP contribution < -0.4 is 0 Å². The maximum atomic E-state index is 11.5. The van der Waals surface area contributed by atoms with Gasteiger partial charge in [-0.05, 0) is 24.1 Å². The third kappa shape index (κ3) is 2.92. The van der Waals surface area contributed by atoms with E-state index in [1.54, 1.807) is 0 Å². The number of halogens is 1. The average Bonchev–Trinajstić information content (AvgIpc) is 2.54. The van der Waals surface area contributed by atoms with E-state index in [-0.39, 0.29) is 11.2 Å². The smallest absolute Gasteiger partial charge is 0.223 e. The molecule has 2 nitrogen and oxygen atoms in total. The third-order valence-electron chi connectivity index (χ3n) is 2.75. The van der Waals surface area contributed by atoms with Crippen LogP contribution in [0.2, 0.25) is 5.02 Å². The standard InChI is InChI=1S/C12H14ClNOS/c13-10-3-1-2-9(6-10)4-5-14-8-11(16)7-12(14)15/h1-3,6,11,16H,4-5,7-8H2. The number of amides is 1. The van der Waals surface area contributed by atoms with E-state index in [0.29, 0.717) is 6.42 Å². The molecular weight excluding hydrogens is 242 g/mol. The predicted octanol–water partition coefficient (Wildman–Crippen LogP) is 2.41. The van der Waals surface area contributed by atoms with E-state index in [1.165, 1.54) is 5.56 Å². The highest BCUT2D eigenvalue weighted by molar-refractivity contribution is 7.81. The Balaban J connectivity index is 1.90. The van der Waals surface area contributed by atoms with Crippen LogP contribution in [-0.4, -0.2) is 29.1 Å². The van der Waals surface area contributed by atoms with Gasteiger partial charge in [-0.3, -0.25) is 4.79 Å². The summed E-state index contributed by atoms with van der Waals surface area (Å²) < 4.78 is 0. The molecule has 0 aliphatic carbocycles. The highest BCUT2D eigenvalue weighted by Gasteiger charge is 2.26. The van der Waals surface area contributed by atoms with Crippen molar-refractivity contribution in [1.82, 2.24) is 4.90 Å². The molecule has 0 radical (unpaired) electrons. The van der Waals surface area contributed by atoms with Gasteiger partial charge in [0.1, 0.15) is 0 Å². The van der Waals surface area contributed by atoms with E-state index in [4.69, 9.17) is 11.6 Å². The average molecular weight is 256 g/mol. The van der Waals surface area contributed by atoms with Crippen molar-refractivity contribution in [2.45, 2.75) is 18.1 Å². The molecule has 1 aliphatic heterocycles. The van der Waals surface area contributed by atoms with Gasteiger partial charge in [0, 0.05) is 29.8 Å². The molecule has 1 aromatic rings. The van der Waals surface area contributed by atoms with Gasteiger partial charge in [-0.15, -0.1) is 0 Å². The summed E-state index contributed by atoms with van der Waals surface area (Å²) in [4.78, 5) is 13.4. The maximum Gasteiger partial charge on any atom is 0.223 e. The second kappa shape index (κ2) is 5.11. The predicted molar refractivity (Wildman–Crippen MR) is 69.1 cm³/mol. The Morgan fingerprint density at radius 1 is 1.50 bits per heavy atom. The van der Waals surface area contributed by atoms with Gasteiger partial charge in [0.15, 0.2) is 0 Å². The molecule has 0 spiro atoms. The molecule has 0 saturated carbocycles. The number of nitrogens with zero attached hydrogens (tertiary/aromatic N) is 1. The first-order valence-electron chi connectivity index (χ1n) is 5.35. The molecular formula is C12H14ClNOS. The van der Waals surface area contributed by atoms with Crippen molar-refractivity contribution in [2.75, 3.05) is 13.1 Å². The fraction of sp³-hybridized carbons (Fsp3) is 0.417. The Labute approximate surface area is 106 Å². The summed E-state index contributed by atoms with van der Waals surface area (Å²) in [6.45, 7) is 1.53. The second-order valence-electron chi connectivity index (χ2n) is 4.08. The highest BCUT2D eigenvalue weighted by atomic mass is 35.5. The number of thiol groups is 1. The monoisotopic (exact) mass is 255 g/mol. The number of rotatable bonds is 3. The Morgan fingerprint density at radius 2 is 2.31 bits per heavy atom. The largest absolute Gasteiger partial charge is 0.341 e. The van der Waals surface area contributed by atoms with Crippen LogP contribution in [0.4, 0.5) is 0 Å². The van der Waals surface area contributed by atoms with Crippen LogP contribution in [-0.2, 0) is 11.2 Å². The summed E-state index contributed by atoms with van der Waals surface area (Å²) >= 11 is 10.2. The summed E-state index contributed by atoms with van der Waals surface area (Å²) in [6, 6.07) is 7.77. The number of carbonyl (C=O) groups is 1. The van der Waals surface area contributed by atoms with Gasteiger partial charge in [0.05, 0.1) is 0 Å². The van der Waals surface area contributed by atoms with E-state index in [1.807, 2.05) is 29.2 Å². The minimum atomic E-state index is 0.201. The molecule has 1 aromatic carbocycles. The molecule has 2 rings (SSSR count). The lowest BCUT2D eigenvalue weighted by Gasteiger charge is -2.15. The van der Waals surface area contributed by atoms with Crippen molar-refractivity contribution >= 4 is 30.1 Å². The van der Waals surface area contributed by atoms with Crippen LogP contribution in [0.25, 0.3) is 0 Å². The van der Waals surface area contributed by atoms with Gasteiger partial charge >= 0.3 is 0 Å². The topological polar surface area (TPSA) is 20.3 Å². The lowest BCUT2D eigenvalue weighted by molar-refractivity contribution is -0.127. The minimum Gasteiger partial charge on any atom is -0.341 e. The fourth-order valence-electron chi connectivity index (χ4n) is 1.92. The quantitative estimate of drug-likeness (QED) is 0.823. The van der Waals surface area contributed by atoms with Gasteiger partial charge in [0.2, 0.25) is 5.91 Å². The summed E-state index contributed by atoms with van der Waals surface area (Å²) in [6.07, 6.45) is 1.42. The van der Waals surface area contributed by atoms with E-state index in [2.05, 4.69) is 12.6 Å². The Morgan fingerprint density at radius 3 is 2.94 bits per heavy atom. The van der Waals surface area contributed by atoms with E-state index >= 15 is 0 Å². The maximum absolute atomic E-state index is 11.5. The number of likely N-dealkylation sites (tertiary alicyclic amines) is 1. The first kappa shape index (κ1) is 11.8. The zero-order chi connectivity index (χ0) is 11.5. The Kier molecular flexibility index (Phi) is 3.77. The number of carbonyl (C=O) groups excluding carboxylic acids is 1. The lowest BCUT2D eigenvalue weighted by atomic mass is 10.1. The van der Waals surface area contributed by atoms with Crippen LogP contribution in [0.1, 0.15) is 12.0 Å². The van der Waals surface area contributed by atoms with Gasteiger partial charge in [0.25, 0.3) is 0 Å². The van der Waals surface area contributed by atoms with E-state index < -0.39 is 0 Å². The zero-order valence-electron chi connectivity index (χ0n) is 8.90. The molecule has 1 atom stereocenters. The van der Waals surface area contributed by atoms with Gasteiger partial charge in [-0.1, -0.05) is 23.7 Å². The van der Waals surface area contributed by atoms with Gasteiger partial charge < -0.3 is 4.90 Å². The summed E-state index contributed by atoms with van der Waals surface area (Å²) in [7, 11) is 0. The molecule has 1 saturated heterocycles. The molecule has 86 valence electrons. The molecule has 1 amide bonds. The van der Waals surface area contributed by atoms with Crippen LogP contribution in [0.5, 0.6) is 0 Å². The van der Waals surface area contributed by atoms with E-state index in [9.17, 15) is 4.79 Å². The first-order valence-corrected chi connectivity index (χ1v) is 6.25. The number of hydrogen-bond donors (Lipinski definition) is 1. The molecule has 0 aromatic heterocycles. The van der Waals surface area contributed by atoms with Gasteiger partial charge in [-0.2, -0.15) is 12.6 Å². The normalized spacial score (nSPS) is 20.5. The van der Waals surface area contributed by atoms with Gasteiger partial charge in [-0.25, -0.2) is 0 Å². The Bertz CT molecular complexity index is 396. The SMILES string of the molecule is O=C1CC(S)CN1CCc1cccc(Cl)c1. The number of hydrogen-bond acceptors (Lipinski definition) is 2. The second-order valence-corrected chi connectivity index (χ2v) is 5.24. The lowest BCUT2D eigenvalue weighted by Crippen LogP contribution is -2.27. The van der Waals surface area contributed by atoms with Crippen LogP contribution in [0.15, 0.2) is 24.3 Å². The van der Waals surface area contributed by atoms with Crippen molar-refractivity contribution in [3.63, 3.8) is 0 Å². The first-order chi connectivity index (χ1) is 7.65. The molecule has 1 heterocycles. The van der Waals surface area contributed by atoms with Crippen LogP contribution in [0, 0.1) is 0 Å². The molecule has 4 heteroatoms. The molecule has 1 unspecified atom stereocenters. The summed E-state index contributed by atoms with van der Waals surface area (Å²) in [5.74, 6) is 0.210. The molecule has 1 fully saturated rings. The summed E-state index contributed by atoms with van der Waals surface area (Å²) in [5, 5.41) is 0.948.